The van der Waals surface area contributed by atoms with Crippen LogP contribution in [-0.4, -0.2) is 40.1 Å². The number of nitrogens with two attached hydrogens (primary N) is 1. The van der Waals surface area contributed by atoms with Crippen LogP contribution in [0.15, 0.2) is 0 Å². The summed E-state index contributed by atoms with van der Waals surface area (Å²) in [5.41, 5.74) is 4.59. The van der Waals surface area contributed by atoms with Crippen molar-refractivity contribution in [2.45, 2.75) is 57.6 Å². The topological polar surface area (TPSA) is 66.6 Å². The van der Waals surface area contributed by atoms with Gasteiger partial charge in [-0.25, -0.2) is 0 Å². The lowest BCUT2D eigenvalue weighted by Gasteiger charge is -2.34. The van der Waals surface area contributed by atoms with E-state index in [9.17, 15) is 9.90 Å². The van der Waals surface area contributed by atoms with Crippen molar-refractivity contribution in [3.63, 3.8) is 0 Å². The summed E-state index contributed by atoms with van der Waals surface area (Å²) >= 11 is 0. The van der Waals surface area contributed by atoms with Gasteiger partial charge in [-0.05, 0) is 33.6 Å². The third-order valence-electron chi connectivity index (χ3n) is 3.17. The molecular weight excluding hydrogens is 204 g/mol. The zero-order valence-electron chi connectivity index (χ0n) is 10.6. The number of likely N-dealkylation sites (N-methyl/N-ethyl adjacent to an activating group) is 1. The Balaban J connectivity index is 2.69. The fourth-order valence-electron chi connectivity index (χ4n) is 2.33. The minimum Gasteiger partial charge on any atom is -0.389 e. The molecule has 0 atom stereocenters. The zero-order chi connectivity index (χ0) is 12.4. The van der Waals surface area contributed by atoms with Crippen LogP contribution in [-0.2, 0) is 4.79 Å². The highest BCUT2D eigenvalue weighted by Gasteiger charge is 2.40. The number of carbonyl (C=O) groups is 1. The number of carbonyl (C=O) groups excluding carboxylic acids is 1. The lowest BCUT2D eigenvalue weighted by atomic mass is 9.96. The van der Waals surface area contributed by atoms with Crippen molar-refractivity contribution in [3.8, 4) is 0 Å². The smallest absolute Gasteiger partial charge is 0.242 e. The second kappa shape index (κ2) is 4.72. The molecule has 1 fully saturated rings. The summed E-state index contributed by atoms with van der Waals surface area (Å²) in [4.78, 5) is 13.9. The second-order valence-corrected chi connectivity index (χ2v) is 5.50. The van der Waals surface area contributed by atoms with E-state index >= 15 is 0 Å². The van der Waals surface area contributed by atoms with E-state index in [4.69, 9.17) is 5.73 Å². The van der Waals surface area contributed by atoms with E-state index in [1.165, 1.54) is 0 Å². The van der Waals surface area contributed by atoms with Gasteiger partial charge in [-0.15, -0.1) is 0 Å². The maximum absolute atomic E-state index is 12.3. The van der Waals surface area contributed by atoms with Crippen LogP contribution in [0, 0.1) is 0 Å². The van der Waals surface area contributed by atoms with E-state index in [-0.39, 0.29) is 5.91 Å². The van der Waals surface area contributed by atoms with Gasteiger partial charge in [0.25, 0.3) is 0 Å². The largest absolute Gasteiger partial charge is 0.389 e. The zero-order valence-corrected chi connectivity index (χ0v) is 10.6. The molecule has 1 aliphatic carbocycles. The summed E-state index contributed by atoms with van der Waals surface area (Å²) in [6.45, 7) is 6.28. The first-order valence-corrected chi connectivity index (χ1v) is 6.09. The third kappa shape index (κ3) is 3.19. The molecule has 1 saturated carbocycles. The normalized spacial score (nSPS) is 19.8. The molecule has 0 radical (unpaired) electrons. The monoisotopic (exact) mass is 228 g/mol. The molecule has 0 heterocycles. The average Bonchev–Trinajstić information content (AvgIpc) is 2.60. The Hall–Kier alpha value is -0.610. The van der Waals surface area contributed by atoms with E-state index in [0.717, 1.165) is 25.7 Å². The van der Waals surface area contributed by atoms with Gasteiger partial charge in [0, 0.05) is 13.1 Å². The van der Waals surface area contributed by atoms with Crippen molar-refractivity contribution in [2.24, 2.45) is 5.73 Å². The Labute approximate surface area is 97.8 Å². The van der Waals surface area contributed by atoms with Crippen molar-refractivity contribution in [1.82, 2.24) is 4.90 Å². The molecule has 3 N–H and O–H groups in total. The fourth-order valence-corrected chi connectivity index (χ4v) is 2.33. The summed E-state index contributed by atoms with van der Waals surface area (Å²) in [5, 5.41) is 9.76. The highest BCUT2D eigenvalue weighted by Crippen LogP contribution is 2.29. The van der Waals surface area contributed by atoms with Crippen LogP contribution in [0.5, 0.6) is 0 Å². The summed E-state index contributed by atoms with van der Waals surface area (Å²) in [6, 6.07) is 0. The molecule has 4 nitrogen and oxygen atoms in total. The fraction of sp³-hybridized carbons (Fsp3) is 0.917. The molecule has 1 rings (SSSR count). The molecule has 0 bridgehead atoms. The van der Waals surface area contributed by atoms with Crippen molar-refractivity contribution in [2.75, 3.05) is 13.1 Å². The number of hydrogen-bond acceptors (Lipinski definition) is 3. The van der Waals surface area contributed by atoms with Gasteiger partial charge in [0.05, 0.1) is 11.1 Å². The van der Waals surface area contributed by atoms with Gasteiger partial charge >= 0.3 is 0 Å². The van der Waals surface area contributed by atoms with E-state index < -0.39 is 11.1 Å². The third-order valence-corrected chi connectivity index (χ3v) is 3.17. The summed E-state index contributed by atoms with van der Waals surface area (Å²) in [5.74, 6) is -0.00498. The van der Waals surface area contributed by atoms with Gasteiger partial charge in [0.15, 0.2) is 0 Å². The highest BCUT2D eigenvalue weighted by molar-refractivity contribution is 5.86. The van der Waals surface area contributed by atoms with E-state index in [1.54, 1.807) is 18.7 Å². The molecule has 1 amide bonds. The van der Waals surface area contributed by atoms with Crippen molar-refractivity contribution >= 4 is 5.91 Å². The van der Waals surface area contributed by atoms with Crippen LogP contribution in [0.3, 0.4) is 0 Å². The minimum atomic E-state index is -0.860. The number of rotatable bonds is 4. The predicted molar refractivity (Wildman–Crippen MR) is 63.9 cm³/mol. The maximum atomic E-state index is 12.3. The van der Waals surface area contributed by atoms with E-state index in [2.05, 4.69) is 0 Å². The Bertz CT molecular complexity index is 252. The van der Waals surface area contributed by atoms with Gasteiger partial charge in [0.1, 0.15) is 0 Å². The molecule has 0 aromatic rings. The van der Waals surface area contributed by atoms with E-state index in [1.807, 2.05) is 6.92 Å². The molecule has 0 aliphatic heterocycles. The Morgan fingerprint density at radius 3 is 2.31 bits per heavy atom. The summed E-state index contributed by atoms with van der Waals surface area (Å²) in [6.07, 6.45) is 3.60. The lowest BCUT2D eigenvalue weighted by molar-refractivity contribution is -0.139. The van der Waals surface area contributed by atoms with Crippen LogP contribution in [0.1, 0.15) is 46.5 Å². The number of hydrogen-bond donors (Lipinski definition) is 2. The predicted octanol–water partition coefficient (Wildman–Crippen LogP) is 0.877. The number of aliphatic hydroxyl groups is 1. The van der Waals surface area contributed by atoms with Crippen molar-refractivity contribution in [1.29, 1.82) is 0 Å². The van der Waals surface area contributed by atoms with Gasteiger partial charge in [-0.3, -0.25) is 4.79 Å². The molecule has 16 heavy (non-hydrogen) atoms. The molecule has 1 aliphatic rings. The average molecular weight is 228 g/mol. The second-order valence-electron chi connectivity index (χ2n) is 5.50. The van der Waals surface area contributed by atoms with Crippen LogP contribution in [0.2, 0.25) is 0 Å². The number of nitrogens with zero attached hydrogens (tertiary/aromatic N) is 1. The molecule has 0 unspecified atom stereocenters. The molecule has 0 aromatic carbocycles. The summed E-state index contributed by atoms with van der Waals surface area (Å²) < 4.78 is 0. The van der Waals surface area contributed by atoms with Crippen molar-refractivity contribution < 1.29 is 9.90 Å². The van der Waals surface area contributed by atoms with Crippen LogP contribution < -0.4 is 5.73 Å². The Kier molecular flexibility index (Phi) is 3.97. The first-order valence-electron chi connectivity index (χ1n) is 6.09. The van der Waals surface area contributed by atoms with Gasteiger partial charge < -0.3 is 15.7 Å². The van der Waals surface area contributed by atoms with Crippen LogP contribution >= 0.6 is 0 Å². The van der Waals surface area contributed by atoms with E-state index in [0.29, 0.717) is 13.1 Å². The highest BCUT2D eigenvalue weighted by atomic mass is 16.3. The van der Waals surface area contributed by atoms with Crippen LogP contribution in [0.4, 0.5) is 0 Å². The number of amides is 1. The SMILES string of the molecule is CCN(CC(C)(C)O)C(=O)C1(N)CCCC1. The molecule has 0 aromatic heterocycles. The first-order chi connectivity index (χ1) is 7.28. The molecule has 0 spiro atoms. The minimum absolute atomic E-state index is 0.00498. The molecule has 0 saturated heterocycles. The van der Waals surface area contributed by atoms with Crippen molar-refractivity contribution in [3.05, 3.63) is 0 Å². The summed E-state index contributed by atoms with van der Waals surface area (Å²) in [7, 11) is 0. The van der Waals surface area contributed by atoms with Gasteiger partial charge in [0.2, 0.25) is 5.91 Å². The van der Waals surface area contributed by atoms with Gasteiger partial charge in [-0.2, -0.15) is 0 Å². The molecule has 94 valence electrons. The van der Waals surface area contributed by atoms with Gasteiger partial charge in [-0.1, -0.05) is 12.8 Å². The quantitative estimate of drug-likeness (QED) is 0.750. The standard InChI is InChI=1S/C12H24N2O2/c1-4-14(9-11(2,3)16)10(15)12(13)7-5-6-8-12/h16H,4-9,13H2,1-3H3. The Morgan fingerprint density at radius 1 is 1.44 bits per heavy atom. The molecular formula is C12H24N2O2. The van der Waals surface area contributed by atoms with Crippen LogP contribution in [0.25, 0.3) is 0 Å². The molecule has 4 heteroatoms. The Morgan fingerprint density at radius 2 is 1.94 bits per heavy atom. The lowest BCUT2D eigenvalue weighted by Crippen LogP contribution is -2.56. The maximum Gasteiger partial charge on any atom is 0.242 e. The first kappa shape index (κ1) is 13.5.